The van der Waals surface area contributed by atoms with E-state index in [9.17, 15) is 0 Å². The number of rotatable bonds is 12. The summed E-state index contributed by atoms with van der Waals surface area (Å²) in [5.41, 5.74) is 9.99. The average molecular weight is 943 g/mol. The third-order valence-electron chi connectivity index (χ3n) is 24.6. The first kappa shape index (κ1) is 44.0. The Morgan fingerprint density at radius 2 is 0.544 bits per heavy atom. The Kier molecular flexibility index (Phi) is 10.1. The average Bonchev–Trinajstić information content (AvgIpc) is 3.28. The molecule has 2 heteroatoms. The number of hydrogen-bond acceptors (Lipinski definition) is 0. The molecule has 0 heterocycles. The first-order chi connectivity index (χ1) is 32.8. The van der Waals surface area contributed by atoms with E-state index < -0.39 is 0 Å². The van der Waals surface area contributed by atoms with Crippen molar-refractivity contribution in [3.05, 3.63) is 106 Å². The maximum atomic E-state index is 3.06. The minimum Gasteiger partial charge on any atom is -0.0894 e. The number of benzene rings is 3. The molecule has 0 unspecified atom stereocenters. The molecule has 0 aromatic heterocycles. The molecule has 16 fully saturated rings. The molecule has 3 aromatic rings. The largest absolute Gasteiger partial charge is 0.0894 e. The monoisotopic (exact) mass is 943 g/mol. The molecule has 362 valence electrons. The van der Waals surface area contributed by atoms with Gasteiger partial charge in [0, 0.05) is 10.8 Å². The SMILES string of the molecule is CC(C)(c1ccccc1)c1cc(CP(C23CC4CC(CC(C4)C2)C3)C23CC4CC(CC(C4)C2)C3)c(CP(C23CC4CC(CC(C4)C2)C3)C23CC4CC(CC(C4)C2)C3)cc1C(C)(C)c1ccccc1. The van der Waals surface area contributed by atoms with Crippen LogP contribution in [-0.4, -0.2) is 20.6 Å². The minimum absolute atomic E-state index is 0.0926. The summed E-state index contributed by atoms with van der Waals surface area (Å²) in [5, 5.41) is 2.59. The fourth-order valence-electron chi connectivity index (χ4n) is 23.6. The van der Waals surface area contributed by atoms with Crippen molar-refractivity contribution in [2.45, 2.75) is 226 Å². The quantitative estimate of drug-likeness (QED) is 0.159. The fraction of sp³-hybridized carbons (Fsp3) is 0.727. The van der Waals surface area contributed by atoms with E-state index in [2.05, 4.69) is 100 Å². The summed E-state index contributed by atoms with van der Waals surface area (Å²) in [6.07, 6.45) is 41.5. The lowest BCUT2D eigenvalue weighted by atomic mass is 9.55. The Morgan fingerprint density at radius 1 is 0.338 bits per heavy atom. The summed E-state index contributed by atoms with van der Waals surface area (Å²) in [6.45, 7) is 10.5. The summed E-state index contributed by atoms with van der Waals surface area (Å²) < 4.78 is 0. The van der Waals surface area contributed by atoms with Gasteiger partial charge in [-0.15, -0.1) is 0 Å². The van der Waals surface area contributed by atoms with Crippen molar-refractivity contribution in [1.29, 1.82) is 0 Å². The lowest BCUT2D eigenvalue weighted by molar-refractivity contribution is 0.0180. The van der Waals surface area contributed by atoms with Gasteiger partial charge in [-0.05, 0) is 291 Å². The van der Waals surface area contributed by atoms with Crippen LogP contribution in [0.2, 0.25) is 0 Å². The van der Waals surface area contributed by atoms with Crippen LogP contribution < -0.4 is 0 Å². The maximum absolute atomic E-state index is 3.06. The first-order valence-electron chi connectivity index (χ1n) is 29.6. The zero-order chi connectivity index (χ0) is 45.4. The maximum Gasteiger partial charge on any atom is 0.0149 e. The first-order valence-corrected chi connectivity index (χ1v) is 32.7. The van der Waals surface area contributed by atoms with Gasteiger partial charge in [0.15, 0.2) is 0 Å². The zero-order valence-electron chi connectivity index (χ0n) is 43.1. The van der Waals surface area contributed by atoms with Gasteiger partial charge in [0.05, 0.1) is 0 Å². The second kappa shape index (κ2) is 15.5. The summed E-state index contributed by atoms with van der Waals surface area (Å²) in [4.78, 5) is 0. The van der Waals surface area contributed by atoms with Crippen LogP contribution in [0.1, 0.15) is 215 Å². The van der Waals surface area contributed by atoms with E-state index in [1.54, 1.807) is 165 Å². The highest BCUT2D eigenvalue weighted by Crippen LogP contribution is 2.82. The smallest absolute Gasteiger partial charge is 0.0149 e. The van der Waals surface area contributed by atoms with Crippen LogP contribution in [0.25, 0.3) is 0 Å². The lowest BCUT2D eigenvalue weighted by Crippen LogP contribution is -2.57. The minimum atomic E-state index is -0.157. The van der Waals surface area contributed by atoms with E-state index in [-0.39, 0.29) is 26.7 Å². The summed E-state index contributed by atoms with van der Waals surface area (Å²) >= 11 is 0. The van der Waals surface area contributed by atoms with Gasteiger partial charge in [-0.3, -0.25) is 0 Å². The molecular weight excluding hydrogens is 855 g/mol. The molecule has 16 aliphatic rings. The highest BCUT2D eigenvalue weighted by molar-refractivity contribution is 7.60. The molecule has 3 aromatic carbocycles. The predicted molar refractivity (Wildman–Crippen MR) is 288 cm³/mol. The second-order valence-electron chi connectivity index (χ2n) is 29.9. The molecule has 0 spiro atoms. The van der Waals surface area contributed by atoms with Crippen molar-refractivity contribution in [3.8, 4) is 0 Å². The van der Waals surface area contributed by atoms with E-state index in [1.165, 1.54) is 23.5 Å². The van der Waals surface area contributed by atoms with Crippen molar-refractivity contribution in [3.63, 3.8) is 0 Å². The molecule has 16 saturated carbocycles. The third-order valence-corrected chi connectivity index (χ3v) is 32.7. The molecule has 0 amide bonds. The Hall–Kier alpha value is -1.48. The van der Waals surface area contributed by atoms with E-state index >= 15 is 0 Å². The van der Waals surface area contributed by atoms with Gasteiger partial charge in [0.1, 0.15) is 0 Å². The van der Waals surface area contributed by atoms with Crippen LogP contribution >= 0.6 is 15.8 Å². The lowest BCUT2D eigenvalue weighted by Gasteiger charge is -2.68. The van der Waals surface area contributed by atoms with Gasteiger partial charge >= 0.3 is 0 Å². The Balaban J connectivity index is 0.950. The predicted octanol–water partition coefficient (Wildman–Crippen LogP) is 18.2. The number of hydrogen-bond donors (Lipinski definition) is 0. The van der Waals surface area contributed by atoms with Crippen LogP contribution in [0.4, 0.5) is 0 Å². The van der Waals surface area contributed by atoms with Crippen LogP contribution in [0.3, 0.4) is 0 Å². The standard InChI is InChI=1S/C66H88P2/c1-61(2,57-11-7-5-8-12-57)59-27-55(41-67(63-29-43-15-44(30-63)17-45(16-43)31-63)64-32-46-18-47(33-64)20-48(19-46)34-64)56(28-60(59)62(3,4)58-13-9-6-10-14-58)42-68(65-35-49-21-50(36-65)23-51(22-49)37-65)66-38-52-24-53(39-66)26-54(25-52)40-66/h5-14,27-28,43-54H,15-26,29-42H2,1-4H3. The van der Waals surface area contributed by atoms with Crippen molar-refractivity contribution >= 4 is 15.8 Å². The molecule has 68 heavy (non-hydrogen) atoms. The summed E-state index contributed by atoms with van der Waals surface area (Å²) in [5.74, 6) is 12.5. The van der Waals surface area contributed by atoms with Crippen LogP contribution in [0.15, 0.2) is 72.8 Å². The molecular formula is C66H88P2. The zero-order valence-corrected chi connectivity index (χ0v) is 44.9. The highest BCUT2D eigenvalue weighted by Gasteiger charge is 2.65. The summed E-state index contributed by atoms with van der Waals surface area (Å²) in [7, 11) is -0.315. The van der Waals surface area contributed by atoms with Gasteiger partial charge in [-0.1, -0.05) is 116 Å². The van der Waals surface area contributed by atoms with Crippen molar-refractivity contribution in [2.75, 3.05) is 0 Å². The van der Waals surface area contributed by atoms with Crippen LogP contribution in [0.5, 0.6) is 0 Å². The molecule has 16 aliphatic carbocycles. The molecule has 0 nitrogen and oxygen atoms in total. The third kappa shape index (κ3) is 6.88. The normalized spacial score (nSPS) is 45.4. The molecule has 0 radical (unpaired) electrons. The van der Waals surface area contributed by atoms with Gasteiger partial charge in [0.2, 0.25) is 0 Å². The fourth-order valence-corrected chi connectivity index (χ4v) is 34.0. The molecule has 19 rings (SSSR count). The van der Waals surface area contributed by atoms with Crippen molar-refractivity contribution in [2.24, 2.45) is 71.0 Å². The highest BCUT2D eigenvalue weighted by atomic mass is 31.1. The van der Waals surface area contributed by atoms with Crippen LogP contribution in [0, 0.1) is 71.0 Å². The van der Waals surface area contributed by atoms with E-state index in [4.69, 9.17) is 0 Å². The van der Waals surface area contributed by atoms with Crippen molar-refractivity contribution in [1.82, 2.24) is 0 Å². The topological polar surface area (TPSA) is 0 Å². The van der Waals surface area contributed by atoms with Crippen LogP contribution in [-0.2, 0) is 23.2 Å². The Bertz CT molecular complexity index is 2020. The Morgan fingerprint density at radius 3 is 0.750 bits per heavy atom. The van der Waals surface area contributed by atoms with E-state index in [1.807, 2.05) is 11.1 Å². The Labute approximate surface area is 416 Å². The van der Waals surface area contributed by atoms with E-state index in [0.717, 1.165) is 71.0 Å². The molecule has 0 saturated heterocycles. The molecule has 0 N–H and O–H groups in total. The molecule has 16 bridgehead atoms. The van der Waals surface area contributed by atoms with Gasteiger partial charge in [0.25, 0.3) is 0 Å². The van der Waals surface area contributed by atoms with Gasteiger partial charge in [-0.25, -0.2) is 0 Å². The molecule has 0 aliphatic heterocycles. The molecule has 0 atom stereocenters. The second-order valence-corrected chi connectivity index (χ2v) is 36.0. The van der Waals surface area contributed by atoms with Gasteiger partial charge in [-0.2, -0.15) is 0 Å². The van der Waals surface area contributed by atoms with Gasteiger partial charge < -0.3 is 0 Å². The summed E-state index contributed by atoms with van der Waals surface area (Å²) in [6, 6.07) is 29.9. The van der Waals surface area contributed by atoms with E-state index in [0.29, 0.717) is 20.6 Å². The van der Waals surface area contributed by atoms with Crippen molar-refractivity contribution < 1.29 is 0 Å².